The maximum Gasteiger partial charge on any atom is 0.234 e. The van der Waals surface area contributed by atoms with Gasteiger partial charge in [-0.25, -0.2) is 0 Å². The quantitative estimate of drug-likeness (QED) is 0.354. The summed E-state index contributed by atoms with van der Waals surface area (Å²) >= 11 is 0. The van der Waals surface area contributed by atoms with E-state index < -0.39 is 0 Å². The van der Waals surface area contributed by atoms with Crippen molar-refractivity contribution in [3.05, 3.63) is 0 Å². The van der Waals surface area contributed by atoms with E-state index in [1.165, 1.54) is 0 Å². The van der Waals surface area contributed by atoms with Crippen molar-refractivity contribution in [2.45, 2.75) is 52.5 Å². The summed E-state index contributed by atoms with van der Waals surface area (Å²) in [6.07, 6.45) is 3.47. The number of carbonyl (C=O) groups excluding carboxylic acids is 3. The number of ketones is 1. The SMILES string of the molecule is CC[C@H](C)C(=O)NCCN1CCN(CC(=O)NCCCC[C@H](NC)C(C)=O)CC1. The Hall–Kier alpha value is -1.51. The average Bonchev–Trinajstić information content (AvgIpc) is 2.70. The van der Waals surface area contributed by atoms with Gasteiger partial charge >= 0.3 is 0 Å². The predicted molar refractivity (Wildman–Crippen MR) is 116 cm³/mol. The molecule has 0 aromatic carbocycles. The number of nitrogens with zero attached hydrogens (tertiary/aromatic N) is 2. The molecule has 2 atom stereocenters. The summed E-state index contributed by atoms with van der Waals surface area (Å²) in [5.41, 5.74) is 0. The van der Waals surface area contributed by atoms with Gasteiger partial charge in [0.2, 0.25) is 11.8 Å². The largest absolute Gasteiger partial charge is 0.355 e. The minimum absolute atomic E-state index is 0.0657. The number of unbranched alkanes of at least 4 members (excludes halogenated alkanes) is 1. The zero-order valence-corrected chi connectivity index (χ0v) is 18.8. The van der Waals surface area contributed by atoms with Crippen molar-refractivity contribution in [3.8, 4) is 0 Å². The van der Waals surface area contributed by atoms with E-state index in [0.717, 1.165) is 58.4 Å². The van der Waals surface area contributed by atoms with Gasteiger partial charge in [0.15, 0.2) is 0 Å². The molecule has 2 amide bonds. The third-order valence-electron chi connectivity index (χ3n) is 5.70. The first kappa shape index (κ1) is 25.5. The molecule has 0 saturated carbocycles. The summed E-state index contributed by atoms with van der Waals surface area (Å²) < 4.78 is 0. The first-order chi connectivity index (χ1) is 13.9. The van der Waals surface area contributed by atoms with Crippen LogP contribution in [0.1, 0.15) is 46.5 Å². The number of hydrogen-bond acceptors (Lipinski definition) is 6. The Labute approximate surface area is 176 Å². The molecule has 0 bridgehead atoms. The van der Waals surface area contributed by atoms with Crippen LogP contribution in [0.2, 0.25) is 0 Å². The number of rotatable bonds is 14. The van der Waals surface area contributed by atoms with Crippen LogP contribution in [0.25, 0.3) is 0 Å². The summed E-state index contributed by atoms with van der Waals surface area (Å²) in [6.45, 7) is 11.8. The van der Waals surface area contributed by atoms with Gasteiger partial charge in [-0.1, -0.05) is 13.8 Å². The van der Waals surface area contributed by atoms with Crippen molar-refractivity contribution in [3.63, 3.8) is 0 Å². The lowest BCUT2D eigenvalue weighted by Gasteiger charge is -2.34. The summed E-state index contributed by atoms with van der Waals surface area (Å²) in [4.78, 5) is 39.8. The summed E-state index contributed by atoms with van der Waals surface area (Å²) in [7, 11) is 1.80. The van der Waals surface area contributed by atoms with Crippen LogP contribution in [0.15, 0.2) is 0 Å². The zero-order valence-electron chi connectivity index (χ0n) is 18.8. The lowest BCUT2D eigenvalue weighted by Crippen LogP contribution is -2.51. The Balaban J connectivity index is 2.08. The molecule has 8 heteroatoms. The predicted octanol–water partition coefficient (Wildman–Crippen LogP) is 0.230. The normalized spacial score (nSPS) is 17.5. The molecule has 1 aliphatic rings. The van der Waals surface area contributed by atoms with Crippen molar-refractivity contribution in [2.24, 2.45) is 5.92 Å². The maximum absolute atomic E-state index is 12.1. The number of likely N-dealkylation sites (N-methyl/N-ethyl adjacent to an activating group) is 1. The molecular formula is C21H41N5O3. The topological polar surface area (TPSA) is 93.8 Å². The van der Waals surface area contributed by atoms with E-state index >= 15 is 0 Å². The van der Waals surface area contributed by atoms with Gasteiger partial charge in [0.05, 0.1) is 12.6 Å². The standard InChI is InChI=1S/C21H41N5O3/c1-5-17(2)21(29)24-10-11-25-12-14-26(15-13-25)16-20(28)23-9-7-6-8-19(22-4)18(3)27/h17,19,22H,5-16H2,1-4H3,(H,23,28)(H,24,29)/t17-,19-/m0/s1. The summed E-state index contributed by atoms with van der Waals surface area (Å²) in [6, 6.07) is -0.0784. The van der Waals surface area contributed by atoms with Gasteiger partial charge in [-0.05, 0) is 39.7 Å². The number of carbonyl (C=O) groups is 3. The highest BCUT2D eigenvalue weighted by molar-refractivity contribution is 5.81. The lowest BCUT2D eigenvalue weighted by molar-refractivity contribution is -0.125. The molecule has 1 rings (SSSR count). The van der Waals surface area contributed by atoms with Crippen molar-refractivity contribution in [1.82, 2.24) is 25.8 Å². The second kappa shape index (κ2) is 14.5. The van der Waals surface area contributed by atoms with Crippen LogP contribution in [0.3, 0.4) is 0 Å². The molecule has 0 unspecified atom stereocenters. The fourth-order valence-electron chi connectivity index (χ4n) is 3.38. The fourth-order valence-corrected chi connectivity index (χ4v) is 3.38. The van der Waals surface area contributed by atoms with E-state index in [9.17, 15) is 14.4 Å². The van der Waals surface area contributed by atoms with E-state index in [-0.39, 0.29) is 29.6 Å². The molecule has 8 nitrogen and oxygen atoms in total. The Morgan fingerprint density at radius 1 is 0.966 bits per heavy atom. The number of nitrogens with one attached hydrogen (secondary N) is 3. The second-order valence-corrected chi connectivity index (χ2v) is 8.02. The van der Waals surface area contributed by atoms with Crippen LogP contribution in [0.5, 0.6) is 0 Å². The zero-order chi connectivity index (χ0) is 21.6. The van der Waals surface area contributed by atoms with Gasteiger partial charge in [0.1, 0.15) is 5.78 Å². The Kier molecular flexibility index (Phi) is 12.7. The van der Waals surface area contributed by atoms with Crippen LogP contribution < -0.4 is 16.0 Å². The van der Waals surface area contributed by atoms with E-state index in [4.69, 9.17) is 0 Å². The number of hydrogen-bond donors (Lipinski definition) is 3. The minimum Gasteiger partial charge on any atom is -0.355 e. The second-order valence-electron chi connectivity index (χ2n) is 8.02. The summed E-state index contributed by atoms with van der Waals surface area (Å²) in [5.74, 6) is 0.430. The first-order valence-corrected chi connectivity index (χ1v) is 11.0. The molecule has 0 aliphatic carbocycles. The fraction of sp³-hybridized carbons (Fsp3) is 0.857. The molecule has 0 radical (unpaired) electrons. The molecule has 168 valence electrons. The molecule has 1 fully saturated rings. The van der Waals surface area contributed by atoms with Gasteiger partial charge in [-0.2, -0.15) is 0 Å². The molecule has 3 N–H and O–H groups in total. The molecule has 29 heavy (non-hydrogen) atoms. The van der Waals surface area contributed by atoms with E-state index in [0.29, 0.717) is 19.6 Å². The number of amides is 2. The maximum atomic E-state index is 12.1. The highest BCUT2D eigenvalue weighted by Crippen LogP contribution is 2.03. The minimum atomic E-state index is -0.0784. The molecule has 1 aliphatic heterocycles. The van der Waals surface area contributed by atoms with Crippen molar-refractivity contribution in [2.75, 3.05) is 59.4 Å². The van der Waals surface area contributed by atoms with E-state index in [1.54, 1.807) is 14.0 Å². The first-order valence-electron chi connectivity index (χ1n) is 11.0. The molecule has 0 aromatic heterocycles. The van der Waals surface area contributed by atoms with Gasteiger partial charge in [-0.15, -0.1) is 0 Å². The Morgan fingerprint density at radius 3 is 2.21 bits per heavy atom. The highest BCUT2D eigenvalue weighted by Gasteiger charge is 2.19. The van der Waals surface area contributed by atoms with E-state index in [1.807, 2.05) is 13.8 Å². The molecule has 1 saturated heterocycles. The smallest absolute Gasteiger partial charge is 0.234 e. The van der Waals surface area contributed by atoms with Crippen molar-refractivity contribution in [1.29, 1.82) is 0 Å². The van der Waals surface area contributed by atoms with Gasteiger partial charge in [0.25, 0.3) is 0 Å². The molecular weight excluding hydrogens is 370 g/mol. The third kappa shape index (κ3) is 10.7. The molecule has 0 spiro atoms. The van der Waals surface area contributed by atoms with Gasteiger partial charge in [0, 0.05) is 51.7 Å². The lowest BCUT2D eigenvalue weighted by atomic mass is 10.1. The highest BCUT2D eigenvalue weighted by atomic mass is 16.2. The van der Waals surface area contributed by atoms with Gasteiger partial charge < -0.3 is 16.0 Å². The Morgan fingerprint density at radius 2 is 1.62 bits per heavy atom. The monoisotopic (exact) mass is 411 g/mol. The van der Waals surface area contributed by atoms with Crippen LogP contribution >= 0.6 is 0 Å². The number of piperazine rings is 1. The van der Waals surface area contributed by atoms with Crippen LogP contribution in [-0.4, -0.2) is 92.8 Å². The Bertz CT molecular complexity index is 507. The average molecular weight is 412 g/mol. The van der Waals surface area contributed by atoms with Crippen LogP contribution in [0, 0.1) is 5.92 Å². The molecule has 1 heterocycles. The third-order valence-corrected chi connectivity index (χ3v) is 5.70. The van der Waals surface area contributed by atoms with Crippen LogP contribution in [0.4, 0.5) is 0 Å². The summed E-state index contributed by atoms with van der Waals surface area (Å²) in [5, 5.41) is 8.99. The van der Waals surface area contributed by atoms with Gasteiger partial charge in [-0.3, -0.25) is 24.2 Å². The van der Waals surface area contributed by atoms with Crippen LogP contribution in [-0.2, 0) is 14.4 Å². The number of Topliss-reactive ketones (excluding diaryl/α,β-unsaturated/α-hetero) is 1. The van der Waals surface area contributed by atoms with Crippen molar-refractivity contribution >= 4 is 17.6 Å². The van der Waals surface area contributed by atoms with Crippen molar-refractivity contribution < 1.29 is 14.4 Å². The molecule has 0 aromatic rings. The van der Waals surface area contributed by atoms with E-state index in [2.05, 4.69) is 25.8 Å².